The quantitative estimate of drug-likeness (QED) is 0.607. The number of nitrogens with one attached hydrogen (secondary N) is 1. The predicted molar refractivity (Wildman–Crippen MR) is 68.0 cm³/mol. The summed E-state index contributed by atoms with van der Waals surface area (Å²) in [5.41, 5.74) is 3.02. The van der Waals surface area contributed by atoms with Crippen LogP contribution < -0.4 is 11.3 Å². The highest BCUT2D eigenvalue weighted by Crippen LogP contribution is 2.15. The molecule has 1 aromatic heterocycles. The summed E-state index contributed by atoms with van der Waals surface area (Å²) in [4.78, 5) is 18.1. The standard InChI is InChI=1S/C12H18N4O2/c1-18-10-4-6-16(7-5-10)12(17)9-2-3-11(15-13)14-8-9/h2-3,8,10H,4-7,13H2,1H3,(H,14,15). The van der Waals surface area contributed by atoms with Crippen molar-refractivity contribution in [1.82, 2.24) is 9.88 Å². The molecule has 1 amide bonds. The second kappa shape index (κ2) is 5.79. The zero-order valence-electron chi connectivity index (χ0n) is 10.4. The van der Waals surface area contributed by atoms with Gasteiger partial charge >= 0.3 is 0 Å². The van der Waals surface area contributed by atoms with Crippen molar-refractivity contribution in [2.75, 3.05) is 25.6 Å². The lowest BCUT2D eigenvalue weighted by molar-refractivity contribution is 0.0350. The van der Waals surface area contributed by atoms with E-state index in [9.17, 15) is 4.79 Å². The van der Waals surface area contributed by atoms with E-state index in [1.54, 1.807) is 25.4 Å². The number of hydrogen-bond acceptors (Lipinski definition) is 5. The number of anilines is 1. The third-order valence-electron chi connectivity index (χ3n) is 3.22. The minimum absolute atomic E-state index is 0.0145. The number of rotatable bonds is 3. The molecule has 1 saturated heterocycles. The first kappa shape index (κ1) is 12.8. The zero-order chi connectivity index (χ0) is 13.0. The van der Waals surface area contributed by atoms with Gasteiger partial charge in [-0.25, -0.2) is 10.8 Å². The van der Waals surface area contributed by atoms with Gasteiger partial charge in [0.2, 0.25) is 0 Å². The number of likely N-dealkylation sites (tertiary alicyclic amines) is 1. The highest BCUT2D eigenvalue weighted by atomic mass is 16.5. The van der Waals surface area contributed by atoms with Gasteiger partial charge in [0.25, 0.3) is 5.91 Å². The van der Waals surface area contributed by atoms with Crippen molar-refractivity contribution in [3.05, 3.63) is 23.9 Å². The lowest BCUT2D eigenvalue weighted by atomic mass is 10.1. The lowest BCUT2D eigenvalue weighted by Crippen LogP contribution is -2.40. The molecular formula is C12H18N4O2. The van der Waals surface area contributed by atoms with E-state index in [0.717, 1.165) is 25.9 Å². The first-order valence-electron chi connectivity index (χ1n) is 5.99. The molecule has 0 saturated carbocycles. The first-order chi connectivity index (χ1) is 8.74. The zero-order valence-corrected chi connectivity index (χ0v) is 10.4. The highest BCUT2D eigenvalue weighted by molar-refractivity contribution is 5.94. The molecule has 0 atom stereocenters. The van der Waals surface area contributed by atoms with Crippen LogP contribution >= 0.6 is 0 Å². The molecule has 1 aliphatic heterocycles. The van der Waals surface area contributed by atoms with Gasteiger partial charge in [0.1, 0.15) is 5.82 Å². The van der Waals surface area contributed by atoms with Gasteiger partial charge in [-0.15, -0.1) is 0 Å². The van der Waals surface area contributed by atoms with E-state index in [-0.39, 0.29) is 12.0 Å². The number of hydrogen-bond donors (Lipinski definition) is 2. The van der Waals surface area contributed by atoms with E-state index in [1.165, 1.54) is 0 Å². The summed E-state index contributed by atoms with van der Waals surface area (Å²) in [6.45, 7) is 1.46. The number of amides is 1. The summed E-state index contributed by atoms with van der Waals surface area (Å²) in [7, 11) is 1.71. The summed E-state index contributed by atoms with van der Waals surface area (Å²) < 4.78 is 5.28. The molecular weight excluding hydrogens is 232 g/mol. The number of pyridine rings is 1. The smallest absolute Gasteiger partial charge is 0.255 e. The van der Waals surface area contributed by atoms with Crippen LogP contribution in [0.2, 0.25) is 0 Å². The SMILES string of the molecule is COC1CCN(C(=O)c2ccc(NN)nc2)CC1. The van der Waals surface area contributed by atoms with Gasteiger partial charge in [0, 0.05) is 26.4 Å². The molecule has 18 heavy (non-hydrogen) atoms. The fourth-order valence-corrected chi connectivity index (χ4v) is 2.08. The van der Waals surface area contributed by atoms with Crippen molar-refractivity contribution in [1.29, 1.82) is 0 Å². The molecule has 0 bridgehead atoms. The number of nitrogens with zero attached hydrogens (tertiary/aromatic N) is 2. The molecule has 1 fully saturated rings. The average molecular weight is 250 g/mol. The number of aromatic nitrogens is 1. The topological polar surface area (TPSA) is 80.5 Å². The first-order valence-corrected chi connectivity index (χ1v) is 5.99. The Morgan fingerprint density at radius 1 is 1.50 bits per heavy atom. The fourth-order valence-electron chi connectivity index (χ4n) is 2.08. The molecule has 2 rings (SSSR count). The van der Waals surface area contributed by atoms with Crippen LogP contribution in [-0.4, -0.2) is 42.1 Å². The van der Waals surface area contributed by atoms with Crippen LogP contribution in [-0.2, 0) is 4.74 Å². The van der Waals surface area contributed by atoms with Crippen molar-refractivity contribution in [3.63, 3.8) is 0 Å². The van der Waals surface area contributed by atoms with E-state index in [0.29, 0.717) is 11.4 Å². The maximum absolute atomic E-state index is 12.2. The largest absolute Gasteiger partial charge is 0.381 e. The van der Waals surface area contributed by atoms with Crippen LogP contribution in [0, 0.1) is 0 Å². The van der Waals surface area contributed by atoms with Gasteiger partial charge in [-0.2, -0.15) is 0 Å². The van der Waals surface area contributed by atoms with E-state index in [1.807, 2.05) is 4.90 Å². The number of nitrogen functional groups attached to an aromatic ring is 1. The van der Waals surface area contributed by atoms with E-state index in [2.05, 4.69) is 10.4 Å². The molecule has 1 aliphatic rings. The van der Waals surface area contributed by atoms with Crippen LogP contribution in [0.25, 0.3) is 0 Å². The van der Waals surface area contributed by atoms with E-state index < -0.39 is 0 Å². The van der Waals surface area contributed by atoms with Crippen LogP contribution in [0.4, 0.5) is 5.82 Å². The maximum Gasteiger partial charge on any atom is 0.255 e. The molecule has 0 aliphatic carbocycles. The summed E-state index contributed by atoms with van der Waals surface area (Å²) >= 11 is 0. The van der Waals surface area contributed by atoms with Gasteiger partial charge in [-0.05, 0) is 25.0 Å². The van der Waals surface area contributed by atoms with Crippen LogP contribution in [0.1, 0.15) is 23.2 Å². The average Bonchev–Trinajstić information content (AvgIpc) is 2.47. The Bertz CT molecular complexity index is 399. The van der Waals surface area contributed by atoms with Crippen LogP contribution in [0.15, 0.2) is 18.3 Å². The van der Waals surface area contributed by atoms with Crippen LogP contribution in [0.3, 0.4) is 0 Å². The monoisotopic (exact) mass is 250 g/mol. The number of carbonyl (C=O) groups excluding carboxylic acids is 1. The lowest BCUT2D eigenvalue weighted by Gasteiger charge is -2.31. The molecule has 6 nitrogen and oxygen atoms in total. The molecule has 0 radical (unpaired) electrons. The third-order valence-corrected chi connectivity index (χ3v) is 3.22. The molecule has 6 heteroatoms. The maximum atomic E-state index is 12.2. The molecule has 2 heterocycles. The molecule has 98 valence electrons. The molecule has 0 aromatic carbocycles. The Morgan fingerprint density at radius 2 is 2.22 bits per heavy atom. The van der Waals surface area contributed by atoms with Gasteiger partial charge < -0.3 is 15.1 Å². The van der Waals surface area contributed by atoms with Crippen molar-refractivity contribution in [3.8, 4) is 0 Å². The van der Waals surface area contributed by atoms with Crippen LogP contribution in [0.5, 0.6) is 0 Å². The second-order valence-corrected chi connectivity index (χ2v) is 4.30. The summed E-state index contributed by atoms with van der Waals surface area (Å²) in [5.74, 6) is 5.79. The van der Waals surface area contributed by atoms with E-state index >= 15 is 0 Å². The van der Waals surface area contributed by atoms with Gasteiger partial charge in [-0.1, -0.05) is 0 Å². The van der Waals surface area contributed by atoms with Gasteiger partial charge in [-0.3, -0.25) is 4.79 Å². The minimum Gasteiger partial charge on any atom is -0.381 e. The summed E-state index contributed by atoms with van der Waals surface area (Å²) in [6, 6.07) is 3.42. The summed E-state index contributed by atoms with van der Waals surface area (Å²) in [5, 5.41) is 0. The number of piperidine rings is 1. The predicted octanol–water partition coefficient (Wildman–Crippen LogP) is 0.618. The third kappa shape index (κ3) is 2.77. The number of methoxy groups -OCH3 is 1. The number of ether oxygens (including phenoxy) is 1. The minimum atomic E-state index is 0.0145. The van der Waals surface area contributed by atoms with Crippen molar-refractivity contribution >= 4 is 11.7 Å². The Hall–Kier alpha value is -1.66. The van der Waals surface area contributed by atoms with Gasteiger partial charge in [0.05, 0.1) is 11.7 Å². The van der Waals surface area contributed by atoms with Crippen molar-refractivity contribution < 1.29 is 9.53 Å². The molecule has 3 N–H and O–H groups in total. The molecule has 0 spiro atoms. The highest BCUT2D eigenvalue weighted by Gasteiger charge is 2.23. The number of hydrazine groups is 1. The normalized spacial score (nSPS) is 16.7. The Balaban J connectivity index is 1.98. The second-order valence-electron chi connectivity index (χ2n) is 4.30. The Morgan fingerprint density at radius 3 is 2.72 bits per heavy atom. The van der Waals surface area contributed by atoms with Gasteiger partial charge in [0.15, 0.2) is 0 Å². The van der Waals surface area contributed by atoms with E-state index in [4.69, 9.17) is 10.6 Å². The molecule has 0 unspecified atom stereocenters. The Labute approximate surface area is 106 Å². The number of carbonyl (C=O) groups is 1. The molecule has 1 aromatic rings. The Kier molecular flexibility index (Phi) is 4.11. The van der Waals surface area contributed by atoms with Crippen molar-refractivity contribution in [2.45, 2.75) is 18.9 Å². The van der Waals surface area contributed by atoms with Crippen molar-refractivity contribution in [2.24, 2.45) is 5.84 Å². The number of nitrogens with two attached hydrogens (primary N) is 1. The fraction of sp³-hybridized carbons (Fsp3) is 0.500. The summed E-state index contributed by atoms with van der Waals surface area (Å²) in [6.07, 6.45) is 3.59.